The van der Waals surface area contributed by atoms with Gasteiger partial charge in [-0.05, 0) is 19.9 Å². The molecule has 0 bridgehead atoms. The van der Waals surface area contributed by atoms with Crippen LogP contribution in [0.1, 0.15) is 25.8 Å². The van der Waals surface area contributed by atoms with Crippen LogP contribution in [0.15, 0.2) is 24.3 Å². The molecule has 0 spiro atoms. The number of aliphatic carboxylic acids is 1. The number of ether oxygens (including phenoxy) is 1. The number of methoxy groups -OCH3 is 1. The smallest absolute Gasteiger partial charge is 0.317 e. The van der Waals surface area contributed by atoms with Crippen LogP contribution in [0.3, 0.4) is 0 Å². The second kappa shape index (κ2) is 8.14. The molecule has 6 heteroatoms. The molecule has 0 aliphatic carbocycles. The standard InChI is InChI=1S/C15H22N2O4/c1-11(2)17(9-8-14(18)19)15(20)16-10-12-6-4-5-7-13(12)21-3/h4-7,11H,8-10H2,1-3H3,(H,16,20)(H,18,19). The minimum absolute atomic E-state index is 0.0676. The summed E-state index contributed by atoms with van der Waals surface area (Å²) in [6.45, 7) is 4.22. The highest BCUT2D eigenvalue weighted by Gasteiger charge is 2.17. The van der Waals surface area contributed by atoms with E-state index in [-0.39, 0.29) is 25.0 Å². The van der Waals surface area contributed by atoms with Gasteiger partial charge in [0, 0.05) is 24.7 Å². The SMILES string of the molecule is COc1ccccc1CNC(=O)N(CCC(=O)O)C(C)C. The fourth-order valence-electron chi connectivity index (χ4n) is 1.93. The molecule has 0 atom stereocenters. The van der Waals surface area contributed by atoms with Crippen LogP contribution in [-0.4, -0.2) is 41.7 Å². The van der Waals surface area contributed by atoms with Gasteiger partial charge < -0.3 is 20.1 Å². The third-order valence-electron chi connectivity index (χ3n) is 3.07. The maximum absolute atomic E-state index is 12.2. The van der Waals surface area contributed by atoms with Crippen molar-refractivity contribution in [2.75, 3.05) is 13.7 Å². The van der Waals surface area contributed by atoms with Crippen LogP contribution >= 0.6 is 0 Å². The number of benzene rings is 1. The van der Waals surface area contributed by atoms with E-state index >= 15 is 0 Å². The lowest BCUT2D eigenvalue weighted by Gasteiger charge is -2.26. The average Bonchev–Trinajstić information content (AvgIpc) is 2.44. The predicted molar refractivity (Wildman–Crippen MR) is 79.3 cm³/mol. The number of hydrogen-bond acceptors (Lipinski definition) is 3. The zero-order valence-electron chi connectivity index (χ0n) is 12.6. The summed E-state index contributed by atoms with van der Waals surface area (Å²) >= 11 is 0. The molecule has 0 aliphatic heterocycles. The molecule has 0 aromatic heterocycles. The van der Waals surface area contributed by atoms with Crippen molar-refractivity contribution in [3.63, 3.8) is 0 Å². The van der Waals surface area contributed by atoms with E-state index < -0.39 is 5.97 Å². The summed E-state index contributed by atoms with van der Waals surface area (Å²) in [4.78, 5) is 24.3. The molecule has 21 heavy (non-hydrogen) atoms. The first-order valence-electron chi connectivity index (χ1n) is 6.83. The first-order valence-corrected chi connectivity index (χ1v) is 6.83. The van der Waals surface area contributed by atoms with E-state index in [1.807, 2.05) is 38.1 Å². The second-order valence-corrected chi connectivity index (χ2v) is 4.90. The summed E-state index contributed by atoms with van der Waals surface area (Å²) in [7, 11) is 1.58. The molecule has 1 rings (SSSR count). The number of nitrogens with zero attached hydrogens (tertiary/aromatic N) is 1. The molecule has 0 saturated heterocycles. The van der Waals surface area contributed by atoms with Crippen LogP contribution < -0.4 is 10.1 Å². The van der Waals surface area contributed by atoms with Gasteiger partial charge in [-0.2, -0.15) is 0 Å². The molecule has 0 unspecified atom stereocenters. The van der Waals surface area contributed by atoms with Gasteiger partial charge in [-0.15, -0.1) is 0 Å². The molecule has 0 heterocycles. The van der Waals surface area contributed by atoms with Gasteiger partial charge >= 0.3 is 12.0 Å². The molecule has 0 fully saturated rings. The Morgan fingerprint density at radius 3 is 2.57 bits per heavy atom. The van der Waals surface area contributed by atoms with Crippen LogP contribution in [0.25, 0.3) is 0 Å². The number of nitrogens with one attached hydrogen (secondary N) is 1. The quantitative estimate of drug-likeness (QED) is 0.807. The van der Waals surface area contributed by atoms with Crippen LogP contribution in [0.4, 0.5) is 4.79 Å². The Balaban J connectivity index is 2.63. The largest absolute Gasteiger partial charge is 0.496 e. The minimum atomic E-state index is -0.918. The molecule has 6 nitrogen and oxygen atoms in total. The van der Waals surface area contributed by atoms with Gasteiger partial charge in [-0.25, -0.2) is 4.79 Å². The summed E-state index contributed by atoms with van der Waals surface area (Å²) in [5.74, 6) is -0.211. The zero-order chi connectivity index (χ0) is 15.8. The fraction of sp³-hybridized carbons (Fsp3) is 0.467. The zero-order valence-corrected chi connectivity index (χ0v) is 12.6. The van der Waals surface area contributed by atoms with E-state index in [0.717, 1.165) is 5.56 Å². The first-order chi connectivity index (χ1) is 9.95. The molecule has 1 aromatic rings. The first kappa shape index (κ1) is 16.8. The van der Waals surface area contributed by atoms with Crippen LogP contribution in [0.5, 0.6) is 5.75 Å². The number of carbonyl (C=O) groups is 2. The van der Waals surface area contributed by atoms with Gasteiger partial charge in [0.25, 0.3) is 0 Å². The van der Waals surface area contributed by atoms with Crippen molar-refractivity contribution < 1.29 is 19.4 Å². The molecular formula is C15H22N2O4. The van der Waals surface area contributed by atoms with E-state index in [9.17, 15) is 9.59 Å². The van der Waals surface area contributed by atoms with Gasteiger partial charge in [0.05, 0.1) is 13.5 Å². The summed E-state index contributed by atoms with van der Waals surface area (Å²) in [5, 5.41) is 11.5. The third kappa shape index (κ3) is 5.33. The highest BCUT2D eigenvalue weighted by atomic mass is 16.5. The van der Waals surface area contributed by atoms with Gasteiger partial charge in [0.2, 0.25) is 0 Å². The van der Waals surface area contributed by atoms with Crippen LogP contribution in [-0.2, 0) is 11.3 Å². The number of carbonyl (C=O) groups excluding carboxylic acids is 1. The molecule has 116 valence electrons. The van der Waals surface area contributed by atoms with Gasteiger partial charge in [0.15, 0.2) is 0 Å². The van der Waals surface area contributed by atoms with Crippen molar-refractivity contribution in [2.45, 2.75) is 32.9 Å². The molecular weight excluding hydrogens is 272 g/mol. The lowest BCUT2D eigenvalue weighted by Crippen LogP contribution is -2.44. The minimum Gasteiger partial charge on any atom is -0.496 e. The Labute approximate surface area is 124 Å². The number of urea groups is 1. The van der Waals surface area contributed by atoms with E-state index in [1.165, 1.54) is 4.90 Å². The number of hydrogen-bond donors (Lipinski definition) is 2. The molecule has 2 N–H and O–H groups in total. The number of rotatable bonds is 7. The number of carboxylic acid groups (broad SMARTS) is 1. The third-order valence-corrected chi connectivity index (χ3v) is 3.07. The highest BCUT2D eigenvalue weighted by Crippen LogP contribution is 2.16. The van der Waals surface area contributed by atoms with Crippen molar-refractivity contribution in [3.8, 4) is 5.75 Å². The Bertz CT molecular complexity index is 488. The van der Waals surface area contributed by atoms with Crippen LogP contribution in [0.2, 0.25) is 0 Å². The van der Waals surface area contributed by atoms with Crippen LogP contribution in [0, 0.1) is 0 Å². The normalized spacial score (nSPS) is 10.3. The molecule has 0 aliphatic rings. The van der Waals surface area contributed by atoms with Crippen molar-refractivity contribution in [2.24, 2.45) is 0 Å². The highest BCUT2D eigenvalue weighted by molar-refractivity contribution is 5.75. The summed E-state index contributed by atoms with van der Waals surface area (Å²) in [5.41, 5.74) is 0.871. The van der Waals surface area contributed by atoms with Crippen molar-refractivity contribution >= 4 is 12.0 Å². The number of para-hydroxylation sites is 1. The van der Waals surface area contributed by atoms with Gasteiger partial charge in [-0.1, -0.05) is 18.2 Å². The maximum Gasteiger partial charge on any atom is 0.317 e. The van der Waals surface area contributed by atoms with Crippen molar-refractivity contribution in [1.82, 2.24) is 10.2 Å². The van der Waals surface area contributed by atoms with Crippen molar-refractivity contribution in [3.05, 3.63) is 29.8 Å². The Hall–Kier alpha value is -2.24. The lowest BCUT2D eigenvalue weighted by molar-refractivity contribution is -0.137. The van der Waals surface area contributed by atoms with Gasteiger partial charge in [0.1, 0.15) is 5.75 Å². The molecule has 0 saturated carbocycles. The summed E-state index contributed by atoms with van der Waals surface area (Å²) < 4.78 is 5.22. The second-order valence-electron chi connectivity index (χ2n) is 4.90. The van der Waals surface area contributed by atoms with Crippen molar-refractivity contribution in [1.29, 1.82) is 0 Å². The maximum atomic E-state index is 12.2. The lowest BCUT2D eigenvalue weighted by atomic mass is 10.2. The average molecular weight is 294 g/mol. The Morgan fingerprint density at radius 1 is 1.33 bits per heavy atom. The van der Waals surface area contributed by atoms with E-state index in [0.29, 0.717) is 12.3 Å². The molecule has 2 amide bonds. The van der Waals surface area contributed by atoms with E-state index in [2.05, 4.69) is 5.32 Å². The van der Waals surface area contributed by atoms with E-state index in [4.69, 9.17) is 9.84 Å². The topological polar surface area (TPSA) is 78.9 Å². The number of carboxylic acids is 1. The fourth-order valence-corrected chi connectivity index (χ4v) is 1.93. The summed E-state index contributed by atoms with van der Waals surface area (Å²) in [6, 6.07) is 7.08. The molecule has 1 aromatic carbocycles. The Morgan fingerprint density at radius 2 is 2.00 bits per heavy atom. The van der Waals surface area contributed by atoms with Gasteiger partial charge in [-0.3, -0.25) is 4.79 Å². The number of amides is 2. The monoisotopic (exact) mass is 294 g/mol. The molecule has 0 radical (unpaired) electrons. The Kier molecular flexibility index (Phi) is 6.52. The predicted octanol–water partition coefficient (Wildman–Crippen LogP) is 2.09. The summed E-state index contributed by atoms with van der Waals surface area (Å²) in [6.07, 6.45) is -0.0692. The van der Waals surface area contributed by atoms with E-state index in [1.54, 1.807) is 7.11 Å².